The van der Waals surface area contributed by atoms with Crippen molar-refractivity contribution in [3.63, 3.8) is 0 Å². The van der Waals surface area contributed by atoms with Gasteiger partial charge in [-0.05, 0) is 36.2 Å². The average Bonchev–Trinajstić information content (AvgIpc) is 3.00. The number of aliphatic hydroxyl groups excluding tert-OH is 1. The van der Waals surface area contributed by atoms with Gasteiger partial charge in [-0.2, -0.15) is 0 Å². The summed E-state index contributed by atoms with van der Waals surface area (Å²) in [5, 5.41) is 12.1. The number of hydrogen-bond acceptors (Lipinski definition) is 5. The van der Waals surface area contributed by atoms with Gasteiger partial charge in [-0.1, -0.05) is 18.2 Å². The third kappa shape index (κ3) is 5.77. The van der Waals surface area contributed by atoms with Crippen molar-refractivity contribution in [2.24, 2.45) is 0 Å². The summed E-state index contributed by atoms with van der Waals surface area (Å²) in [6, 6.07) is 11.9. The molecule has 2 aromatic rings. The molecule has 1 heterocycles. The number of hydrogen-bond donors (Lipinski definition) is 1. The molecule has 0 aliphatic heterocycles. The first-order valence-corrected chi connectivity index (χ1v) is 8.15. The molecule has 22 heavy (non-hydrogen) atoms. The molecule has 120 valence electrons. The smallest absolute Gasteiger partial charge is 0.118 e. The van der Waals surface area contributed by atoms with Gasteiger partial charge in [0.2, 0.25) is 0 Å². The van der Waals surface area contributed by atoms with Crippen molar-refractivity contribution in [3.8, 4) is 5.75 Å². The molecule has 5 heteroatoms. The predicted molar refractivity (Wildman–Crippen MR) is 89.3 cm³/mol. The molecule has 0 aliphatic carbocycles. The summed E-state index contributed by atoms with van der Waals surface area (Å²) in [6.45, 7) is 2.28. The van der Waals surface area contributed by atoms with Crippen LogP contribution in [-0.2, 0) is 17.9 Å². The van der Waals surface area contributed by atoms with Crippen molar-refractivity contribution in [3.05, 3.63) is 52.2 Å². The number of thiophene rings is 1. The fourth-order valence-electron chi connectivity index (χ4n) is 2.18. The van der Waals surface area contributed by atoms with Crippen molar-refractivity contribution in [1.29, 1.82) is 0 Å². The van der Waals surface area contributed by atoms with Crippen LogP contribution in [0.2, 0.25) is 0 Å². The summed E-state index contributed by atoms with van der Waals surface area (Å²) < 4.78 is 10.7. The lowest BCUT2D eigenvalue weighted by molar-refractivity contribution is 0.0128. The van der Waals surface area contributed by atoms with E-state index in [2.05, 4.69) is 16.3 Å². The number of benzene rings is 1. The highest BCUT2D eigenvalue weighted by Gasteiger charge is 2.09. The number of nitrogens with zero attached hydrogens (tertiary/aromatic N) is 1. The van der Waals surface area contributed by atoms with Gasteiger partial charge in [0.05, 0.1) is 26.4 Å². The van der Waals surface area contributed by atoms with Crippen LogP contribution in [0.1, 0.15) is 10.4 Å². The van der Waals surface area contributed by atoms with Crippen molar-refractivity contribution in [1.82, 2.24) is 4.90 Å². The monoisotopic (exact) mass is 321 g/mol. The lowest BCUT2D eigenvalue weighted by Crippen LogP contribution is -2.31. The minimum atomic E-state index is -0.483. The Morgan fingerprint density at radius 2 is 2.00 bits per heavy atom. The van der Waals surface area contributed by atoms with Gasteiger partial charge >= 0.3 is 0 Å². The van der Waals surface area contributed by atoms with Gasteiger partial charge in [-0.3, -0.25) is 4.90 Å². The molecule has 0 fully saturated rings. The number of ether oxygens (including phenoxy) is 2. The highest BCUT2D eigenvalue weighted by atomic mass is 32.1. The summed E-state index contributed by atoms with van der Waals surface area (Å²) >= 11 is 1.73. The average molecular weight is 321 g/mol. The predicted octanol–water partition coefficient (Wildman–Crippen LogP) is 2.77. The van der Waals surface area contributed by atoms with Crippen LogP contribution in [0.15, 0.2) is 41.8 Å². The van der Waals surface area contributed by atoms with Crippen LogP contribution in [0.4, 0.5) is 0 Å². The SMILES string of the molecule is COc1ccc(COC[C@H](O)CN(C)Cc2cccs2)cc1. The Morgan fingerprint density at radius 1 is 1.23 bits per heavy atom. The molecule has 0 spiro atoms. The molecular formula is C17H23NO3S. The summed E-state index contributed by atoms with van der Waals surface area (Å²) in [4.78, 5) is 3.40. The normalized spacial score (nSPS) is 12.5. The van der Waals surface area contributed by atoms with E-state index in [9.17, 15) is 5.11 Å². The van der Waals surface area contributed by atoms with Gasteiger partial charge in [0.15, 0.2) is 0 Å². The quantitative estimate of drug-likeness (QED) is 0.771. The number of likely N-dealkylation sites (N-methyl/N-ethyl adjacent to an activating group) is 1. The number of aliphatic hydroxyl groups is 1. The zero-order valence-corrected chi connectivity index (χ0v) is 13.9. The van der Waals surface area contributed by atoms with Crippen LogP contribution >= 0.6 is 11.3 Å². The second-order valence-corrected chi connectivity index (χ2v) is 6.33. The van der Waals surface area contributed by atoms with E-state index in [-0.39, 0.29) is 0 Å². The first-order valence-electron chi connectivity index (χ1n) is 7.27. The molecule has 0 aliphatic rings. The Hall–Kier alpha value is -1.40. The standard InChI is InChI=1S/C17H23NO3S/c1-18(11-17-4-3-9-22-17)10-15(19)13-21-12-14-5-7-16(20-2)8-6-14/h3-9,15,19H,10-13H2,1-2H3/t15-/m1/s1. The molecule has 0 bridgehead atoms. The molecule has 1 atom stereocenters. The van der Waals surface area contributed by atoms with Gasteiger partial charge in [-0.15, -0.1) is 11.3 Å². The summed E-state index contributed by atoms with van der Waals surface area (Å²) in [5.41, 5.74) is 1.07. The fraction of sp³-hybridized carbons (Fsp3) is 0.412. The van der Waals surface area contributed by atoms with E-state index in [1.165, 1.54) is 4.88 Å². The van der Waals surface area contributed by atoms with E-state index in [1.807, 2.05) is 37.4 Å². The Bertz CT molecular complexity index is 527. The van der Waals surface area contributed by atoms with Gasteiger partial charge in [0.1, 0.15) is 5.75 Å². The molecule has 1 aromatic heterocycles. The molecule has 0 radical (unpaired) electrons. The van der Waals surface area contributed by atoms with Crippen LogP contribution in [-0.4, -0.2) is 43.4 Å². The highest BCUT2D eigenvalue weighted by Crippen LogP contribution is 2.13. The summed E-state index contributed by atoms with van der Waals surface area (Å²) in [7, 11) is 3.65. The Morgan fingerprint density at radius 3 is 2.64 bits per heavy atom. The number of rotatable bonds is 9. The first kappa shape index (κ1) is 17.0. The zero-order valence-electron chi connectivity index (χ0n) is 13.1. The summed E-state index contributed by atoms with van der Waals surface area (Å²) in [6.07, 6.45) is -0.483. The zero-order chi connectivity index (χ0) is 15.8. The Labute approximate surface area is 135 Å². The van der Waals surface area contributed by atoms with Crippen molar-refractivity contribution >= 4 is 11.3 Å². The van der Waals surface area contributed by atoms with E-state index in [1.54, 1.807) is 18.4 Å². The van der Waals surface area contributed by atoms with Crippen LogP contribution in [0.5, 0.6) is 5.75 Å². The highest BCUT2D eigenvalue weighted by molar-refractivity contribution is 7.09. The fourth-order valence-corrected chi connectivity index (χ4v) is 2.96. The molecule has 1 aromatic carbocycles. The minimum absolute atomic E-state index is 0.334. The molecule has 0 saturated heterocycles. The van der Waals surface area contributed by atoms with Crippen molar-refractivity contribution in [2.45, 2.75) is 19.3 Å². The second kappa shape index (κ2) is 8.90. The number of methoxy groups -OCH3 is 1. The lowest BCUT2D eigenvalue weighted by atomic mass is 10.2. The van der Waals surface area contributed by atoms with Gasteiger partial charge in [0, 0.05) is 18.0 Å². The molecule has 1 N–H and O–H groups in total. The van der Waals surface area contributed by atoms with E-state index >= 15 is 0 Å². The van der Waals surface area contributed by atoms with E-state index in [4.69, 9.17) is 9.47 Å². The van der Waals surface area contributed by atoms with E-state index in [0.29, 0.717) is 19.8 Å². The maximum Gasteiger partial charge on any atom is 0.118 e. The summed E-state index contributed by atoms with van der Waals surface area (Å²) in [5.74, 6) is 0.832. The van der Waals surface area contributed by atoms with Gasteiger partial charge in [-0.25, -0.2) is 0 Å². The van der Waals surface area contributed by atoms with Crippen LogP contribution < -0.4 is 4.74 Å². The molecule has 0 unspecified atom stereocenters. The van der Waals surface area contributed by atoms with Gasteiger partial charge < -0.3 is 14.6 Å². The first-order chi connectivity index (χ1) is 10.7. The lowest BCUT2D eigenvalue weighted by Gasteiger charge is -2.20. The topological polar surface area (TPSA) is 41.9 Å². The van der Waals surface area contributed by atoms with Gasteiger partial charge in [0.25, 0.3) is 0 Å². The van der Waals surface area contributed by atoms with Crippen LogP contribution in [0.3, 0.4) is 0 Å². The van der Waals surface area contributed by atoms with E-state index < -0.39 is 6.10 Å². The third-order valence-corrected chi connectivity index (χ3v) is 4.13. The maximum atomic E-state index is 10.0. The van der Waals surface area contributed by atoms with E-state index in [0.717, 1.165) is 17.9 Å². The second-order valence-electron chi connectivity index (χ2n) is 5.29. The Balaban J connectivity index is 1.65. The third-order valence-electron chi connectivity index (χ3n) is 3.27. The minimum Gasteiger partial charge on any atom is -0.497 e. The van der Waals surface area contributed by atoms with Crippen LogP contribution in [0, 0.1) is 0 Å². The molecule has 0 saturated carbocycles. The maximum absolute atomic E-state index is 10.0. The van der Waals surface area contributed by atoms with Crippen LogP contribution in [0.25, 0.3) is 0 Å². The largest absolute Gasteiger partial charge is 0.497 e. The molecule has 2 rings (SSSR count). The van der Waals surface area contributed by atoms with Crippen molar-refractivity contribution in [2.75, 3.05) is 27.3 Å². The molecule has 4 nitrogen and oxygen atoms in total. The van der Waals surface area contributed by atoms with Crippen molar-refractivity contribution < 1.29 is 14.6 Å². The Kier molecular flexibility index (Phi) is 6.86. The molecule has 0 amide bonds. The molecular weight excluding hydrogens is 298 g/mol.